The molecule has 0 amide bonds. The largest absolute Gasteiger partial charge is 0.395 e. The highest BCUT2D eigenvalue weighted by molar-refractivity contribution is 7.88. The molecule has 0 spiro atoms. The third-order valence-electron chi connectivity index (χ3n) is 5.53. The molecule has 1 aromatic carbocycles. The standard InChI is InChI=1S/C24H33N5O3S/c1-16(12-26-23-21(25)20(13-27-23)22(30)24(2,3)4)18-8-6-7-17(11-18)14-29-10-9-19(15-29)28-33(5,31)32/h6-8,11-13,19,27-28H,1,9-10,14-15,25H2,2-5H3. The number of Topliss-reactive ketones (excluding diaryl/α,β-unsaturated/α-hetero) is 1. The van der Waals surface area contributed by atoms with Gasteiger partial charge in [-0.05, 0) is 29.2 Å². The number of aromatic nitrogens is 1. The topological polar surface area (TPSA) is 121 Å². The Kier molecular flexibility index (Phi) is 7.26. The first-order chi connectivity index (χ1) is 15.3. The summed E-state index contributed by atoms with van der Waals surface area (Å²) in [5, 5.41) is 0. The third kappa shape index (κ3) is 6.63. The van der Waals surface area contributed by atoms with E-state index in [1.165, 1.54) is 6.26 Å². The van der Waals surface area contributed by atoms with Crippen LogP contribution in [0.25, 0.3) is 5.57 Å². The summed E-state index contributed by atoms with van der Waals surface area (Å²) >= 11 is 0. The van der Waals surface area contributed by atoms with Crippen molar-refractivity contribution >= 4 is 39.1 Å². The summed E-state index contributed by atoms with van der Waals surface area (Å²) in [6.07, 6.45) is 5.22. The first-order valence-electron chi connectivity index (χ1n) is 10.9. The minimum Gasteiger partial charge on any atom is -0.395 e. The number of nitrogens with one attached hydrogen (secondary N) is 2. The van der Waals surface area contributed by atoms with Crippen molar-refractivity contribution < 1.29 is 13.2 Å². The van der Waals surface area contributed by atoms with Crippen molar-refractivity contribution in [3.05, 3.63) is 53.7 Å². The number of carbonyl (C=O) groups is 1. The molecule has 0 saturated carbocycles. The fourth-order valence-electron chi connectivity index (χ4n) is 3.84. The van der Waals surface area contributed by atoms with Gasteiger partial charge in [0.05, 0.1) is 17.5 Å². The van der Waals surface area contributed by atoms with Gasteiger partial charge in [0.25, 0.3) is 0 Å². The zero-order valence-electron chi connectivity index (χ0n) is 19.7. The molecule has 2 heterocycles. The van der Waals surface area contributed by atoms with Crippen LogP contribution < -0.4 is 10.5 Å². The van der Waals surface area contributed by atoms with Gasteiger partial charge < -0.3 is 10.7 Å². The lowest BCUT2D eigenvalue weighted by molar-refractivity contribution is 0.0859. The summed E-state index contributed by atoms with van der Waals surface area (Å²) in [6.45, 7) is 11.9. The fraction of sp³-hybridized carbons (Fsp3) is 0.417. The number of likely N-dealkylation sites (tertiary alicyclic amines) is 1. The average Bonchev–Trinajstić information content (AvgIpc) is 3.29. The Morgan fingerprint density at radius 3 is 2.79 bits per heavy atom. The smallest absolute Gasteiger partial charge is 0.208 e. The molecular formula is C24H33N5O3S. The number of aromatic amines is 1. The van der Waals surface area contributed by atoms with Gasteiger partial charge in [0.1, 0.15) is 0 Å². The van der Waals surface area contributed by atoms with E-state index < -0.39 is 15.4 Å². The summed E-state index contributed by atoms with van der Waals surface area (Å²) < 4.78 is 25.6. The molecule has 1 unspecified atom stereocenters. The van der Waals surface area contributed by atoms with Gasteiger partial charge in [0.15, 0.2) is 11.6 Å². The molecule has 33 heavy (non-hydrogen) atoms. The lowest BCUT2D eigenvalue weighted by Crippen LogP contribution is -2.36. The molecule has 0 bridgehead atoms. The monoisotopic (exact) mass is 471 g/mol. The Balaban J connectivity index is 1.65. The van der Waals surface area contributed by atoms with Crippen LogP contribution in [-0.4, -0.2) is 55.7 Å². The maximum atomic E-state index is 12.5. The number of H-pyrrole nitrogens is 1. The molecule has 9 heteroatoms. The van der Waals surface area contributed by atoms with E-state index >= 15 is 0 Å². The lowest BCUT2D eigenvalue weighted by Gasteiger charge is -2.17. The number of carbonyl (C=O) groups excluding carboxylic acids is 1. The second kappa shape index (κ2) is 9.62. The van der Waals surface area contributed by atoms with Crippen LogP contribution in [0.2, 0.25) is 0 Å². The van der Waals surface area contributed by atoms with E-state index in [-0.39, 0.29) is 11.8 Å². The minimum atomic E-state index is -3.20. The number of aliphatic imine (C=N–C) groups is 1. The Morgan fingerprint density at radius 2 is 2.12 bits per heavy atom. The molecule has 3 rings (SSSR count). The van der Waals surface area contributed by atoms with Gasteiger partial charge in [-0.2, -0.15) is 0 Å². The SMILES string of the molecule is C=C(C=Nc1[nH]cc(C(=O)C(C)(C)C)c1N)c1cccc(CN2CCC(NS(C)(=O)=O)C2)c1. The van der Waals surface area contributed by atoms with E-state index in [0.29, 0.717) is 29.2 Å². The second-order valence-corrected chi connectivity index (χ2v) is 11.4. The highest BCUT2D eigenvalue weighted by Gasteiger charge is 2.27. The van der Waals surface area contributed by atoms with Crippen LogP contribution in [0.4, 0.5) is 11.5 Å². The van der Waals surface area contributed by atoms with Crippen molar-refractivity contribution in [2.45, 2.75) is 39.8 Å². The van der Waals surface area contributed by atoms with Crippen LogP contribution in [0.1, 0.15) is 48.7 Å². The van der Waals surface area contributed by atoms with Gasteiger partial charge in [0, 0.05) is 43.5 Å². The predicted molar refractivity (Wildman–Crippen MR) is 134 cm³/mol. The van der Waals surface area contributed by atoms with E-state index in [1.54, 1.807) is 12.4 Å². The average molecular weight is 472 g/mol. The van der Waals surface area contributed by atoms with Crippen molar-refractivity contribution in [3.8, 4) is 0 Å². The number of sulfonamides is 1. The van der Waals surface area contributed by atoms with Crippen molar-refractivity contribution in [2.75, 3.05) is 25.1 Å². The summed E-state index contributed by atoms with van der Waals surface area (Å²) in [7, 11) is -3.20. The number of hydrogen-bond donors (Lipinski definition) is 3. The van der Waals surface area contributed by atoms with Crippen molar-refractivity contribution in [1.29, 1.82) is 0 Å². The molecular weight excluding hydrogens is 438 g/mol. The van der Waals surface area contributed by atoms with Crippen LogP contribution in [0, 0.1) is 5.41 Å². The van der Waals surface area contributed by atoms with Gasteiger partial charge in [-0.15, -0.1) is 0 Å². The molecule has 1 aliphatic heterocycles. The van der Waals surface area contributed by atoms with Crippen molar-refractivity contribution in [1.82, 2.24) is 14.6 Å². The Labute approximate surface area is 196 Å². The lowest BCUT2D eigenvalue weighted by atomic mass is 9.87. The summed E-state index contributed by atoms with van der Waals surface area (Å²) in [5.41, 5.74) is 9.14. The van der Waals surface area contributed by atoms with Crippen LogP contribution in [0.3, 0.4) is 0 Å². The van der Waals surface area contributed by atoms with E-state index in [4.69, 9.17) is 5.73 Å². The number of nitrogens with zero attached hydrogens (tertiary/aromatic N) is 2. The molecule has 1 aromatic heterocycles. The quantitative estimate of drug-likeness (QED) is 0.403. The molecule has 0 radical (unpaired) electrons. The van der Waals surface area contributed by atoms with Crippen molar-refractivity contribution in [3.63, 3.8) is 0 Å². The van der Waals surface area contributed by atoms with Gasteiger partial charge in [0.2, 0.25) is 10.0 Å². The summed E-state index contributed by atoms with van der Waals surface area (Å²) in [4.78, 5) is 22.1. The number of anilines is 1. The predicted octanol–water partition coefficient (Wildman–Crippen LogP) is 3.36. The number of nitrogen functional groups attached to an aromatic ring is 1. The zero-order valence-corrected chi connectivity index (χ0v) is 20.5. The fourth-order valence-corrected chi connectivity index (χ4v) is 4.64. The first-order valence-corrected chi connectivity index (χ1v) is 12.8. The molecule has 1 atom stereocenters. The van der Waals surface area contributed by atoms with Crippen LogP contribution in [0.15, 0.2) is 42.0 Å². The summed E-state index contributed by atoms with van der Waals surface area (Å²) in [6, 6.07) is 7.97. The number of rotatable bonds is 8. The van der Waals surface area contributed by atoms with Gasteiger partial charge in [-0.1, -0.05) is 45.5 Å². The van der Waals surface area contributed by atoms with Crippen LogP contribution in [-0.2, 0) is 16.6 Å². The Hall–Kier alpha value is -2.75. The van der Waals surface area contributed by atoms with Gasteiger partial charge in [-0.25, -0.2) is 18.1 Å². The van der Waals surface area contributed by atoms with Gasteiger partial charge >= 0.3 is 0 Å². The van der Waals surface area contributed by atoms with Crippen molar-refractivity contribution in [2.24, 2.45) is 10.4 Å². The molecule has 0 aliphatic carbocycles. The molecule has 1 aliphatic rings. The molecule has 178 valence electrons. The Morgan fingerprint density at radius 1 is 1.39 bits per heavy atom. The summed E-state index contributed by atoms with van der Waals surface area (Å²) in [5.74, 6) is 0.390. The first kappa shape index (κ1) is 24.9. The number of allylic oxidation sites excluding steroid dienone is 1. The highest BCUT2D eigenvalue weighted by Crippen LogP contribution is 2.30. The second-order valence-electron chi connectivity index (χ2n) is 9.64. The van der Waals surface area contributed by atoms with Gasteiger partial charge in [-0.3, -0.25) is 9.69 Å². The van der Waals surface area contributed by atoms with Crippen LogP contribution >= 0.6 is 0 Å². The number of nitrogens with two attached hydrogens (primary N) is 1. The maximum absolute atomic E-state index is 12.5. The number of hydrogen-bond acceptors (Lipinski definition) is 6. The molecule has 4 N–H and O–H groups in total. The number of benzene rings is 1. The molecule has 8 nitrogen and oxygen atoms in total. The van der Waals surface area contributed by atoms with E-state index in [0.717, 1.165) is 30.6 Å². The number of ketones is 1. The minimum absolute atomic E-state index is 0.0416. The Bertz CT molecular complexity index is 1170. The van der Waals surface area contributed by atoms with E-state index in [9.17, 15) is 13.2 Å². The molecule has 2 aromatic rings. The highest BCUT2D eigenvalue weighted by atomic mass is 32.2. The van der Waals surface area contributed by atoms with E-state index in [2.05, 4.69) is 32.2 Å². The zero-order chi connectivity index (χ0) is 24.4. The normalized spacial score (nSPS) is 17.6. The van der Waals surface area contributed by atoms with E-state index in [1.807, 2.05) is 39.0 Å². The van der Waals surface area contributed by atoms with Crippen LogP contribution in [0.5, 0.6) is 0 Å². The maximum Gasteiger partial charge on any atom is 0.208 e. The third-order valence-corrected chi connectivity index (χ3v) is 6.29. The molecule has 1 saturated heterocycles. The molecule has 1 fully saturated rings.